The lowest BCUT2D eigenvalue weighted by Gasteiger charge is -2.26. The number of carboxylic acid groups (broad SMARTS) is 1. The van der Waals surface area contributed by atoms with Crippen molar-refractivity contribution in [2.24, 2.45) is 0 Å². The molecule has 20 heavy (non-hydrogen) atoms. The SMILES string of the molecule is O=C(NCC(=O)N1CCCCC1)NC(CCO)C(=O)O. The van der Waals surface area contributed by atoms with Gasteiger partial charge in [0, 0.05) is 26.1 Å². The summed E-state index contributed by atoms with van der Waals surface area (Å²) in [4.78, 5) is 35.7. The van der Waals surface area contributed by atoms with Gasteiger partial charge in [-0.3, -0.25) is 4.79 Å². The Balaban J connectivity index is 2.30. The molecule has 0 saturated carbocycles. The van der Waals surface area contributed by atoms with Crippen LogP contribution in [0, 0.1) is 0 Å². The lowest BCUT2D eigenvalue weighted by Crippen LogP contribution is -2.49. The highest BCUT2D eigenvalue weighted by atomic mass is 16.4. The van der Waals surface area contributed by atoms with Crippen molar-refractivity contribution in [1.82, 2.24) is 15.5 Å². The van der Waals surface area contributed by atoms with E-state index in [-0.39, 0.29) is 25.5 Å². The summed E-state index contributed by atoms with van der Waals surface area (Å²) in [6.07, 6.45) is 2.97. The minimum Gasteiger partial charge on any atom is -0.480 e. The molecule has 4 N–H and O–H groups in total. The molecule has 0 spiro atoms. The number of urea groups is 1. The molecule has 0 aromatic rings. The Morgan fingerprint density at radius 1 is 1.15 bits per heavy atom. The van der Waals surface area contributed by atoms with Crippen LogP contribution in [-0.4, -0.2) is 65.3 Å². The number of carbonyl (C=O) groups excluding carboxylic acids is 2. The van der Waals surface area contributed by atoms with Crippen molar-refractivity contribution in [2.45, 2.75) is 31.7 Å². The summed E-state index contributed by atoms with van der Waals surface area (Å²) < 4.78 is 0. The number of hydrogen-bond donors (Lipinski definition) is 4. The summed E-state index contributed by atoms with van der Waals surface area (Å²) in [6.45, 7) is 0.899. The van der Waals surface area contributed by atoms with E-state index in [1.807, 2.05) is 0 Å². The molecular formula is C12H21N3O5. The number of aliphatic hydroxyl groups is 1. The highest BCUT2D eigenvalue weighted by Crippen LogP contribution is 2.08. The maximum atomic E-state index is 11.8. The van der Waals surface area contributed by atoms with Crippen LogP contribution in [-0.2, 0) is 9.59 Å². The highest BCUT2D eigenvalue weighted by molar-refractivity contribution is 5.86. The molecule has 1 saturated heterocycles. The van der Waals surface area contributed by atoms with Crippen LogP contribution in [0.2, 0.25) is 0 Å². The molecule has 0 aromatic heterocycles. The van der Waals surface area contributed by atoms with E-state index < -0.39 is 18.0 Å². The number of nitrogens with zero attached hydrogens (tertiary/aromatic N) is 1. The maximum Gasteiger partial charge on any atom is 0.326 e. The van der Waals surface area contributed by atoms with Gasteiger partial charge in [-0.15, -0.1) is 0 Å². The van der Waals surface area contributed by atoms with E-state index >= 15 is 0 Å². The van der Waals surface area contributed by atoms with Crippen LogP contribution < -0.4 is 10.6 Å². The first kappa shape index (κ1) is 16.2. The Bertz CT molecular complexity index is 355. The highest BCUT2D eigenvalue weighted by Gasteiger charge is 2.20. The molecule has 0 aliphatic carbocycles. The molecule has 1 aliphatic heterocycles. The third-order valence-corrected chi connectivity index (χ3v) is 3.13. The lowest BCUT2D eigenvalue weighted by molar-refractivity contribution is -0.139. The summed E-state index contributed by atoms with van der Waals surface area (Å²) in [5, 5.41) is 22.0. The number of nitrogens with one attached hydrogen (secondary N) is 2. The van der Waals surface area contributed by atoms with Crippen molar-refractivity contribution in [3.05, 3.63) is 0 Å². The standard InChI is InChI=1S/C12H21N3O5/c16-7-4-9(11(18)19)14-12(20)13-8-10(17)15-5-2-1-3-6-15/h9,16H,1-8H2,(H,18,19)(H2,13,14,20). The maximum absolute atomic E-state index is 11.8. The Morgan fingerprint density at radius 3 is 2.35 bits per heavy atom. The summed E-state index contributed by atoms with van der Waals surface area (Å²) in [6, 6.07) is -1.89. The van der Waals surface area contributed by atoms with Crippen molar-refractivity contribution in [3.8, 4) is 0 Å². The number of likely N-dealkylation sites (tertiary alicyclic amines) is 1. The quantitative estimate of drug-likeness (QED) is 0.506. The molecule has 0 radical (unpaired) electrons. The first-order valence-corrected chi connectivity index (χ1v) is 6.70. The van der Waals surface area contributed by atoms with Crippen molar-refractivity contribution < 1.29 is 24.6 Å². The fourth-order valence-electron chi connectivity index (χ4n) is 2.01. The second-order valence-corrected chi connectivity index (χ2v) is 4.67. The van der Waals surface area contributed by atoms with Crippen LogP contribution >= 0.6 is 0 Å². The van der Waals surface area contributed by atoms with E-state index in [0.29, 0.717) is 13.1 Å². The van der Waals surface area contributed by atoms with Gasteiger partial charge in [0.2, 0.25) is 5.91 Å². The van der Waals surface area contributed by atoms with Crippen LogP contribution in [0.1, 0.15) is 25.7 Å². The molecule has 1 aliphatic rings. The monoisotopic (exact) mass is 287 g/mol. The van der Waals surface area contributed by atoms with E-state index in [1.54, 1.807) is 4.90 Å². The van der Waals surface area contributed by atoms with Crippen LogP contribution in [0.4, 0.5) is 4.79 Å². The Hall–Kier alpha value is -1.83. The largest absolute Gasteiger partial charge is 0.480 e. The molecule has 0 bridgehead atoms. The third-order valence-electron chi connectivity index (χ3n) is 3.13. The van der Waals surface area contributed by atoms with Gasteiger partial charge in [0.1, 0.15) is 6.04 Å². The number of rotatable bonds is 6. The van der Waals surface area contributed by atoms with Crippen LogP contribution in [0.3, 0.4) is 0 Å². The Morgan fingerprint density at radius 2 is 1.80 bits per heavy atom. The van der Waals surface area contributed by atoms with Gasteiger partial charge in [0.15, 0.2) is 0 Å². The molecule has 1 fully saturated rings. The van der Waals surface area contributed by atoms with Crippen LogP contribution in [0.5, 0.6) is 0 Å². The summed E-state index contributed by atoms with van der Waals surface area (Å²) in [7, 11) is 0. The average Bonchev–Trinajstić information content (AvgIpc) is 2.45. The van der Waals surface area contributed by atoms with Crippen LogP contribution in [0.25, 0.3) is 0 Å². The first-order valence-electron chi connectivity index (χ1n) is 6.70. The van der Waals surface area contributed by atoms with Gasteiger partial charge in [-0.25, -0.2) is 9.59 Å². The van der Waals surface area contributed by atoms with E-state index in [4.69, 9.17) is 10.2 Å². The van der Waals surface area contributed by atoms with E-state index in [9.17, 15) is 14.4 Å². The van der Waals surface area contributed by atoms with Gasteiger partial charge in [0.25, 0.3) is 0 Å². The number of carbonyl (C=O) groups is 3. The van der Waals surface area contributed by atoms with E-state index in [0.717, 1.165) is 19.3 Å². The number of amides is 3. The summed E-state index contributed by atoms with van der Waals surface area (Å²) in [5.74, 6) is -1.40. The predicted molar refractivity (Wildman–Crippen MR) is 70.1 cm³/mol. The van der Waals surface area contributed by atoms with E-state index in [1.165, 1.54) is 0 Å². The predicted octanol–water partition coefficient (Wildman–Crippen LogP) is -0.866. The van der Waals surface area contributed by atoms with Gasteiger partial charge in [-0.05, 0) is 19.3 Å². The van der Waals surface area contributed by atoms with Gasteiger partial charge < -0.3 is 25.7 Å². The fraction of sp³-hybridized carbons (Fsp3) is 0.750. The molecule has 0 aromatic carbocycles. The van der Waals surface area contributed by atoms with Crippen molar-refractivity contribution >= 4 is 17.9 Å². The summed E-state index contributed by atoms with van der Waals surface area (Å²) >= 11 is 0. The van der Waals surface area contributed by atoms with Gasteiger partial charge in [-0.1, -0.05) is 0 Å². The minimum absolute atomic E-state index is 0.0805. The van der Waals surface area contributed by atoms with Crippen molar-refractivity contribution in [2.75, 3.05) is 26.2 Å². The second-order valence-electron chi connectivity index (χ2n) is 4.67. The topological polar surface area (TPSA) is 119 Å². The molecule has 114 valence electrons. The van der Waals surface area contributed by atoms with Crippen molar-refractivity contribution in [3.63, 3.8) is 0 Å². The lowest BCUT2D eigenvalue weighted by atomic mass is 10.1. The Kier molecular flexibility index (Phi) is 6.78. The number of piperidine rings is 1. The zero-order chi connectivity index (χ0) is 15.0. The minimum atomic E-state index is -1.23. The average molecular weight is 287 g/mol. The number of hydrogen-bond acceptors (Lipinski definition) is 4. The zero-order valence-corrected chi connectivity index (χ0v) is 11.3. The molecule has 1 heterocycles. The molecular weight excluding hydrogens is 266 g/mol. The summed E-state index contributed by atoms with van der Waals surface area (Å²) in [5.41, 5.74) is 0. The smallest absolute Gasteiger partial charge is 0.326 e. The number of carboxylic acids is 1. The van der Waals surface area contributed by atoms with Crippen molar-refractivity contribution in [1.29, 1.82) is 0 Å². The Labute approximate surface area is 117 Å². The van der Waals surface area contributed by atoms with Gasteiger partial charge in [-0.2, -0.15) is 0 Å². The fourth-order valence-corrected chi connectivity index (χ4v) is 2.01. The molecule has 3 amide bonds. The molecule has 1 atom stereocenters. The normalized spacial score (nSPS) is 16.4. The van der Waals surface area contributed by atoms with Crippen LogP contribution in [0.15, 0.2) is 0 Å². The molecule has 1 rings (SSSR count). The zero-order valence-electron chi connectivity index (χ0n) is 11.3. The van der Waals surface area contributed by atoms with Gasteiger partial charge >= 0.3 is 12.0 Å². The number of aliphatic hydroxyl groups excluding tert-OH is 1. The number of aliphatic carboxylic acids is 1. The van der Waals surface area contributed by atoms with Gasteiger partial charge in [0.05, 0.1) is 6.54 Å². The second kappa shape index (κ2) is 8.36. The molecule has 8 heteroatoms. The molecule has 1 unspecified atom stereocenters. The van der Waals surface area contributed by atoms with E-state index in [2.05, 4.69) is 10.6 Å². The third kappa shape index (κ3) is 5.43. The first-order chi connectivity index (χ1) is 9.54. The molecule has 8 nitrogen and oxygen atoms in total.